The van der Waals surface area contributed by atoms with Crippen LogP contribution < -0.4 is 11.5 Å². The van der Waals surface area contributed by atoms with E-state index >= 15 is 0 Å². The molecule has 1 atom stereocenters. The third kappa shape index (κ3) is 2.26. The monoisotopic (exact) mass is 181 g/mol. The minimum Gasteiger partial charge on any atom is -0.395 e. The second kappa shape index (κ2) is 4.00. The van der Waals surface area contributed by atoms with Crippen molar-refractivity contribution in [1.82, 2.24) is 4.98 Å². The largest absolute Gasteiger partial charge is 0.395 e. The summed E-state index contributed by atoms with van der Waals surface area (Å²) in [6.07, 6.45) is 3.71. The molecule has 0 aliphatic heterocycles. The third-order valence-electron chi connectivity index (χ3n) is 1.74. The van der Waals surface area contributed by atoms with Gasteiger partial charge >= 0.3 is 0 Å². The molecular weight excluding hydrogens is 169 g/mol. The average Bonchev–Trinajstić information content (AvgIpc) is 2.10. The Kier molecular flexibility index (Phi) is 2.97. The molecule has 0 spiro atoms. The molecule has 1 aromatic rings. The standard InChI is InChI=1S/C9H12FN3/c1-2-3-7(11)6-4-8(12)9(10)13-5-6/h2,4-5,7H,1,3,11-12H2/t7-/m0/s1. The lowest BCUT2D eigenvalue weighted by Gasteiger charge is -2.09. The van der Waals surface area contributed by atoms with Crippen LogP contribution in [-0.2, 0) is 0 Å². The van der Waals surface area contributed by atoms with Gasteiger partial charge in [-0.25, -0.2) is 4.98 Å². The van der Waals surface area contributed by atoms with Gasteiger partial charge in [0.2, 0.25) is 5.95 Å². The molecule has 0 unspecified atom stereocenters. The molecule has 0 saturated carbocycles. The Morgan fingerprint density at radius 2 is 2.38 bits per heavy atom. The van der Waals surface area contributed by atoms with E-state index in [1.54, 1.807) is 6.08 Å². The van der Waals surface area contributed by atoms with Crippen LogP contribution in [0.3, 0.4) is 0 Å². The highest BCUT2D eigenvalue weighted by atomic mass is 19.1. The Labute approximate surface area is 76.3 Å². The molecule has 0 aromatic carbocycles. The van der Waals surface area contributed by atoms with Crippen LogP contribution in [-0.4, -0.2) is 4.98 Å². The molecule has 0 fully saturated rings. The molecule has 1 aromatic heterocycles. The highest BCUT2D eigenvalue weighted by Gasteiger charge is 2.07. The molecule has 0 bridgehead atoms. The van der Waals surface area contributed by atoms with Crippen LogP contribution in [0.5, 0.6) is 0 Å². The zero-order chi connectivity index (χ0) is 9.84. The van der Waals surface area contributed by atoms with Gasteiger partial charge in [0, 0.05) is 12.2 Å². The summed E-state index contributed by atoms with van der Waals surface area (Å²) in [6.45, 7) is 3.56. The van der Waals surface area contributed by atoms with Gasteiger partial charge in [-0.15, -0.1) is 6.58 Å². The van der Waals surface area contributed by atoms with E-state index in [4.69, 9.17) is 11.5 Å². The predicted molar refractivity (Wildman–Crippen MR) is 50.3 cm³/mol. The Bertz CT molecular complexity index is 312. The van der Waals surface area contributed by atoms with E-state index in [2.05, 4.69) is 11.6 Å². The first-order valence-electron chi connectivity index (χ1n) is 3.92. The highest BCUT2D eigenvalue weighted by molar-refractivity contribution is 5.39. The van der Waals surface area contributed by atoms with E-state index < -0.39 is 5.95 Å². The number of hydrogen-bond donors (Lipinski definition) is 2. The van der Waals surface area contributed by atoms with Crippen molar-refractivity contribution >= 4 is 5.69 Å². The van der Waals surface area contributed by atoms with E-state index in [1.807, 2.05) is 0 Å². The number of rotatable bonds is 3. The Hall–Kier alpha value is -1.42. The quantitative estimate of drug-likeness (QED) is 0.547. The average molecular weight is 181 g/mol. The molecule has 1 heterocycles. The molecule has 13 heavy (non-hydrogen) atoms. The Morgan fingerprint density at radius 3 is 2.92 bits per heavy atom. The summed E-state index contributed by atoms with van der Waals surface area (Å²) in [6, 6.07) is 1.28. The number of nitrogens with two attached hydrogens (primary N) is 2. The van der Waals surface area contributed by atoms with Crippen molar-refractivity contribution in [3.63, 3.8) is 0 Å². The lowest BCUT2D eigenvalue weighted by Crippen LogP contribution is -2.10. The van der Waals surface area contributed by atoms with Crippen molar-refractivity contribution in [2.45, 2.75) is 12.5 Å². The Morgan fingerprint density at radius 1 is 1.69 bits per heavy atom. The number of nitrogen functional groups attached to an aromatic ring is 1. The van der Waals surface area contributed by atoms with Crippen molar-refractivity contribution in [3.8, 4) is 0 Å². The lowest BCUT2D eigenvalue weighted by atomic mass is 10.1. The van der Waals surface area contributed by atoms with E-state index in [9.17, 15) is 4.39 Å². The van der Waals surface area contributed by atoms with Crippen molar-refractivity contribution in [1.29, 1.82) is 0 Å². The molecule has 0 amide bonds. The number of nitrogens with zero attached hydrogens (tertiary/aromatic N) is 1. The molecule has 4 heteroatoms. The minimum absolute atomic E-state index is 0.0250. The van der Waals surface area contributed by atoms with Gasteiger partial charge < -0.3 is 11.5 Å². The molecule has 0 saturated heterocycles. The molecule has 0 aliphatic carbocycles. The van der Waals surface area contributed by atoms with Crippen molar-refractivity contribution < 1.29 is 4.39 Å². The zero-order valence-corrected chi connectivity index (χ0v) is 7.20. The van der Waals surface area contributed by atoms with Crippen LogP contribution in [0.15, 0.2) is 24.9 Å². The molecular formula is C9H12FN3. The minimum atomic E-state index is -0.658. The molecule has 3 nitrogen and oxygen atoms in total. The third-order valence-corrected chi connectivity index (χ3v) is 1.74. The first-order chi connectivity index (χ1) is 6.15. The topological polar surface area (TPSA) is 64.9 Å². The van der Waals surface area contributed by atoms with Gasteiger partial charge in [0.05, 0.1) is 5.69 Å². The van der Waals surface area contributed by atoms with Crippen LogP contribution in [0.2, 0.25) is 0 Å². The summed E-state index contributed by atoms with van der Waals surface area (Å²) in [7, 11) is 0. The van der Waals surface area contributed by atoms with E-state index in [-0.39, 0.29) is 11.7 Å². The maximum absolute atomic E-state index is 12.7. The van der Waals surface area contributed by atoms with Gasteiger partial charge in [0.15, 0.2) is 0 Å². The molecule has 4 N–H and O–H groups in total. The van der Waals surface area contributed by atoms with Gasteiger partial charge in [-0.2, -0.15) is 4.39 Å². The highest BCUT2D eigenvalue weighted by Crippen LogP contribution is 2.17. The SMILES string of the molecule is C=CC[C@H](N)c1cnc(F)c(N)c1. The number of hydrogen-bond acceptors (Lipinski definition) is 3. The maximum Gasteiger partial charge on any atom is 0.236 e. The van der Waals surface area contributed by atoms with Gasteiger partial charge in [-0.05, 0) is 18.1 Å². The van der Waals surface area contributed by atoms with Gasteiger partial charge in [-0.1, -0.05) is 6.08 Å². The lowest BCUT2D eigenvalue weighted by molar-refractivity contribution is 0.585. The van der Waals surface area contributed by atoms with E-state index in [0.29, 0.717) is 6.42 Å². The fraction of sp³-hybridized carbons (Fsp3) is 0.222. The molecule has 0 radical (unpaired) electrons. The summed E-state index contributed by atoms with van der Waals surface area (Å²) in [5.41, 5.74) is 11.8. The molecule has 1 rings (SSSR count). The predicted octanol–water partition coefficient (Wildman–Crippen LogP) is 1.38. The zero-order valence-electron chi connectivity index (χ0n) is 7.20. The summed E-state index contributed by atoms with van der Waals surface area (Å²) in [5, 5.41) is 0. The van der Waals surface area contributed by atoms with Crippen LogP contribution in [0.4, 0.5) is 10.1 Å². The van der Waals surface area contributed by atoms with E-state index in [0.717, 1.165) is 5.56 Å². The first kappa shape index (κ1) is 9.67. The van der Waals surface area contributed by atoms with Crippen LogP contribution in [0.25, 0.3) is 0 Å². The van der Waals surface area contributed by atoms with Crippen molar-refractivity contribution in [2.75, 3.05) is 5.73 Å². The van der Waals surface area contributed by atoms with Gasteiger partial charge in [0.25, 0.3) is 0 Å². The van der Waals surface area contributed by atoms with Gasteiger partial charge in [0.1, 0.15) is 0 Å². The second-order valence-corrected chi connectivity index (χ2v) is 2.78. The van der Waals surface area contributed by atoms with Crippen LogP contribution in [0.1, 0.15) is 18.0 Å². The second-order valence-electron chi connectivity index (χ2n) is 2.78. The number of halogens is 1. The van der Waals surface area contributed by atoms with E-state index in [1.165, 1.54) is 12.3 Å². The Balaban J connectivity index is 2.89. The normalized spacial score (nSPS) is 12.5. The number of anilines is 1. The molecule has 70 valence electrons. The number of aromatic nitrogens is 1. The van der Waals surface area contributed by atoms with Gasteiger partial charge in [-0.3, -0.25) is 0 Å². The molecule has 0 aliphatic rings. The van der Waals surface area contributed by atoms with Crippen molar-refractivity contribution in [3.05, 3.63) is 36.4 Å². The summed E-state index contributed by atoms with van der Waals surface area (Å²) >= 11 is 0. The van der Waals surface area contributed by atoms with Crippen molar-refractivity contribution in [2.24, 2.45) is 5.73 Å². The fourth-order valence-electron chi connectivity index (χ4n) is 1.00. The summed E-state index contributed by atoms with van der Waals surface area (Å²) in [4.78, 5) is 3.48. The first-order valence-corrected chi connectivity index (χ1v) is 3.92. The van der Waals surface area contributed by atoms with Crippen LogP contribution >= 0.6 is 0 Å². The van der Waals surface area contributed by atoms with Crippen LogP contribution in [0, 0.1) is 5.95 Å². The fourth-order valence-corrected chi connectivity index (χ4v) is 1.00. The summed E-state index contributed by atoms with van der Waals surface area (Å²) < 4.78 is 12.7. The smallest absolute Gasteiger partial charge is 0.236 e. The summed E-state index contributed by atoms with van der Waals surface area (Å²) in [5.74, 6) is -0.658. The maximum atomic E-state index is 12.7. The number of pyridine rings is 1.